The molecule has 0 aliphatic heterocycles. The van der Waals surface area contributed by atoms with E-state index < -0.39 is 0 Å². The topological polar surface area (TPSA) is 55.2 Å². The van der Waals surface area contributed by atoms with Gasteiger partial charge in [-0.3, -0.25) is 0 Å². The molecule has 0 aliphatic carbocycles. The Hall–Kier alpha value is -1.39. The summed E-state index contributed by atoms with van der Waals surface area (Å²) in [4.78, 5) is 7.91. The molecule has 1 atom stereocenters. The molecular formula is C12H13ClN2O2. The van der Waals surface area contributed by atoms with Crippen LogP contribution in [0, 0.1) is 0 Å². The first-order valence-electron chi connectivity index (χ1n) is 5.25. The summed E-state index contributed by atoms with van der Waals surface area (Å²) in [6, 6.07) is 1.74. The minimum absolute atomic E-state index is 0.0301. The fourth-order valence-corrected chi connectivity index (χ4v) is 2.01. The van der Waals surface area contributed by atoms with Crippen LogP contribution >= 0.6 is 11.6 Å². The molecule has 2 heterocycles. The predicted molar refractivity (Wildman–Crippen MR) is 66.5 cm³/mol. The molecule has 0 spiro atoms. The lowest BCUT2D eigenvalue weighted by Gasteiger charge is -2.13. The Morgan fingerprint density at radius 2 is 2.12 bits per heavy atom. The summed E-state index contributed by atoms with van der Waals surface area (Å²) in [5.74, 6) is 0.145. The standard InChI is InChI=1S/C12H13ClN2O2/c1-7(6-17-2)9-4-15-12(16)10-5-14-11(13)3-8(9)10/h3-5,7H,6H2,1-2H3,(H,15,16). The van der Waals surface area contributed by atoms with Crippen molar-refractivity contribution in [3.05, 3.63) is 29.2 Å². The van der Waals surface area contributed by atoms with Gasteiger partial charge in [0.05, 0.1) is 12.0 Å². The smallest absolute Gasteiger partial charge is 0.220 e. The molecule has 2 rings (SSSR count). The summed E-state index contributed by atoms with van der Waals surface area (Å²) in [6.07, 6.45) is 3.18. The molecule has 0 aliphatic rings. The fourth-order valence-electron chi connectivity index (χ4n) is 1.85. The van der Waals surface area contributed by atoms with Gasteiger partial charge in [-0.1, -0.05) is 18.5 Å². The van der Waals surface area contributed by atoms with E-state index in [1.54, 1.807) is 19.4 Å². The van der Waals surface area contributed by atoms with E-state index in [0.29, 0.717) is 17.1 Å². The number of halogens is 1. The molecule has 17 heavy (non-hydrogen) atoms. The summed E-state index contributed by atoms with van der Waals surface area (Å²) >= 11 is 5.88. The molecule has 4 nitrogen and oxygen atoms in total. The van der Waals surface area contributed by atoms with Gasteiger partial charge in [-0.25, -0.2) is 9.97 Å². The molecule has 1 N–H and O–H groups in total. The number of fused-ring (bicyclic) bond motifs is 1. The lowest BCUT2D eigenvalue weighted by molar-refractivity contribution is 0.184. The summed E-state index contributed by atoms with van der Waals surface area (Å²) in [5.41, 5.74) is 0.990. The van der Waals surface area contributed by atoms with Gasteiger partial charge < -0.3 is 9.84 Å². The van der Waals surface area contributed by atoms with Gasteiger partial charge in [-0.15, -0.1) is 0 Å². The SMILES string of the molecule is COCC(C)c1cnc(O)c2cnc(Cl)cc12. The highest BCUT2D eigenvalue weighted by Crippen LogP contribution is 2.30. The van der Waals surface area contributed by atoms with E-state index in [0.717, 1.165) is 10.9 Å². The molecule has 0 amide bonds. The maximum atomic E-state index is 9.67. The zero-order valence-electron chi connectivity index (χ0n) is 9.64. The number of pyridine rings is 2. The van der Waals surface area contributed by atoms with Gasteiger partial charge in [0.15, 0.2) is 0 Å². The molecular weight excluding hydrogens is 240 g/mol. The van der Waals surface area contributed by atoms with Crippen molar-refractivity contribution < 1.29 is 9.84 Å². The number of aromatic nitrogens is 2. The normalized spacial score (nSPS) is 12.9. The monoisotopic (exact) mass is 252 g/mol. The molecule has 0 saturated heterocycles. The average Bonchev–Trinajstić information content (AvgIpc) is 2.29. The highest BCUT2D eigenvalue weighted by atomic mass is 35.5. The number of ether oxygens (including phenoxy) is 1. The van der Waals surface area contributed by atoms with E-state index in [1.165, 1.54) is 6.20 Å². The Labute approximate surface area is 104 Å². The number of aromatic hydroxyl groups is 1. The second kappa shape index (κ2) is 4.85. The van der Waals surface area contributed by atoms with E-state index in [1.807, 2.05) is 6.92 Å². The second-order valence-electron chi connectivity index (χ2n) is 3.95. The Morgan fingerprint density at radius 1 is 1.35 bits per heavy atom. The molecule has 0 saturated carbocycles. The third-order valence-corrected chi connectivity index (χ3v) is 2.90. The van der Waals surface area contributed by atoms with Crippen molar-refractivity contribution in [2.75, 3.05) is 13.7 Å². The Balaban J connectivity index is 2.63. The number of nitrogens with zero attached hydrogens (tertiary/aromatic N) is 2. The van der Waals surface area contributed by atoms with Crippen LogP contribution in [0.4, 0.5) is 0 Å². The summed E-state index contributed by atoms with van der Waals surface area (Å²) < 4.78 is 5.13. The van der Waals surface area contributed by atoms with Gasteiger partial charge in [0, 0.05) is 25.4 Å². The van der Waals surface area contributed by atoms with Crippen LogP contribution in [0.3, 0.4) is 0 Å². The maximum absolute atomic E-state index is 9.67. The average molecular weight is 253 g/mol. The first-order valence-corrected chi connectivity index (χ1v) is 5.63. The maximum Gasteiger partial charge on any atom is 0.220 e. The van der Waals surface area contributed by atoms with Crippen LogP contribution in [0.2, 0.25) is 5.15 Å². The van der Waals surface area contributed by atoms with Gasteiger partial charge in [0.25, 0.3) is 0 Å². The molecule has 1 unspecified atom stereocenters. The number of rotatable bonds is 3. The van der Waals surface area contributed by atoms with Crippen molar-refractivity contribution in [1.29, 1.82) is 0 Å². The van der Waals surface area contributed by atoms with Crippen molar-refractivity contribution in [3.63, 3.8) is 0 Å². The molecule has 90 valence electrons. The summed E-state index contributed by atoms with van der Waals surface area (Å²) in [7, 11) is 1.65. The Morgan fingerprint density at radius 3 is 2.82 bits per heavy atom. The van der Waals surface area contributed by atoms with E-state index in [2.05, 4.69) is 9.97 Å². The van der Waals surface area contributed by atoms with Crippen molar-refractivity contribution in [1.82, 2.24) is 9.97 Å². The lowest BCUT2D eigenvalue weighted by atomic mass is 9.99. The van der Waals surface area contributed by atoms with Crippen molar-refractivity contribution in [2.24, 2.45) is 0 Å². The van der Waals surface area contributed by atoms with Crippen LogP contribution in [0.5, 0.6) is 5.88 Å². The molecule has 0 fully saturated rings. The number of hydrogen-bond acceptors (Lipinski definition) is 4. The zero-order valence-corrected chi connectivity index (χ0v) is 10.4. The minimum atomic E-state index is -0.0301. The molecule has 0 bridgehead atoms. The van der Waals surface area contributed by atoms with Gasteiger partial charge in [-0.05, 0) is 17.0 Å². The van der Waals surface area contributed by atoms with Crippen LogP contribution in [0.25, 0.3) is 10.8 Å². The van der Waals surface area contributed by atoms with Gasteiger partial charge >= 0.3 is 0 Å². The van der Waals surface area contributed by atoms with Crippen molar-refractivity contribution in [3.8, 4) is 5.88 Å². The van der Waals surface area contributed by atoms with Crippen LogP contribution in [0.1, 0.15) is 18.4 Å². The number of hydrogen-bond donors (Lipinski definition) is 1. The quantitative estimate of drug-likeness (QED) is 0.854. The van der Waals surface area contributed by atoms with Crippen molar-refractivity contribution >= 4 is 22.4 Å². The van der Waals surface area contributed by atoms with Gasteiger partial charge in [-0.2, -0.15) is 0 Å². The first kappa shape index (κ1) is 12.1. The molecule has 0 radical (unpaired) electrons. The molecule has 5 heteroatoms. The van der Waals surface area contributed by atoms with Gasteiger partial charge in [0.2, 0.25) is 5.88 Å². The predicted octanol–water partition coefficient (Wildman–Crippen LogP) is 2.74. The molecule has 0 aromatic carbocycles. The fraction of sp³-hybridized carbons (Fsp3) is 0.333. The summed E-state index contributed by atoms with van der Waals surface area (Å²) in [5, 5.41) is 11.5. The van der Waals surface area contributed by atoms with Crippen LogP contribution in [-0.2, 0) is 4.74 Å². The van der Waals surface area contributed by atoms with E-state index in [-0.39, 0.29) is 11.8 Å². The van der Waals surface area contributed by atoms with Crippen LogP contribution < -0.4 is 0 Å². The Kier molecular flexibility index (Phi) is 3.45. The van der Waals surface area contributed by atoms with Crippen LogP contribution in [-0.4, -0.2) is 28.8 Å². The third kappa shape index (κ3) is 2.33. The third-order valence-electron chi connectivity index (χ3n) is 2.70. The van der Waals surface area contributed by atoms with Crippen molar-refractivity contribution in [2.45, 2.75) is 12.8 Å². The largest absolute Gasteiger partial charge is 0.493 e. The minimum Gasteiger partial charge on any atom is -0.493 e. The van der Waals surface area contributed by atoms with E-state index >= 15 is 0 Å². The summed E-state index contributed by atoms with van der Waals surface area (Å²) in [6.45, 7) is 2.62. The first-order chi connectivity index (χ1) is 8.13. The lowest BCUT2D eigenvalue weighted by Crippen LogP contribution is -2.03. The highest BCUT2D eigenvalue weighted by molar-refractivity contribution is 6.30. The van der Waals surface area contributed by atoms with E-state index in [4.69, 9.17) is 16.3 Å². The molecule has 2 aromatic rings. The zero-order chi connectivity index (χ0) is 12.4. The number of methoxy groups -OCH3 is 1. The Bertz CT molecular complexity index is 545. The second-order valence-corrected chi connectivity index (χ2v) is 4.33. The van der Waals surface area contributed by atoms with Crippen LogP contribution in [0.15, 0.2) is 18.5 Å². The molecule has 2 aromatic heterocycles. The van der Waals surface area contributed by atoms with E-state index in [9.17, 15) is 5.11 Å². The highest BCUT2D eigenvalue weighted by Gasteiger charge is 2.13. The van der Waals surface area contributed by atoms with Gasteiger partial charge in [0.1, 0.15) is 5.15 Å².